The molecule has 0 aliphatic carbocycles. The van der Waals surface area contributed by atoms with Crippen LogP contribution in [0.3, 0.4) is 0 Å². The minimum atomic E-state index is -4.13. The third-order valence-corrected chi connectivity index (χ3v) is 7.79. The standard InChI is InChI=1S/C27H27F2N5O4S/c1-16-8-10-18(11-9-16)39(37,38)34-15-20(19-12-17(28)13-31-26(19)34)24-30-14-21(29)25(33-24)32-22(27(2,3)4)6-5-7-23(35)36/h5,7-15,22H,6H2,1-4H3,(H,35,36)(H,30,32,33). The molecule has 9 nitrogen and oxygen atoms in total. The molecule has 0 saturated carbocycles. The van der Waals surface area contributed by atoms with E-state index in [-0.39, 0.29) is 39.6 Å². The van der Waals surface area contributed by atoms with Gasteiger partial charge < -0.3 is 10.4 Å². The van der Waals surface area contributed by atoms with Crippen molar-refractivity contribution in [3.05, 3.63) is 78.3 Å². The molecule has 12 heteroatoms. The number of hydrogen-bond donors (Lipinski definition) is 2. The number of halogens is 2. The summed E-state index contributed by atoms with van der Waals surface area (Å²) in [6.45, 7) is 7.53. The third-order valence-electron chi connectivity index (χ3n) is 6.13. The van der Waals surface area contributed by atoms with Crippen LogP contribution in [-0.2, 0) is 14.8 Å². The van der Waals surface area contributed by atoms with Gasteiger partial charge in [0.2, 0.25) is 0 Å². The third kappa shape index (κ3) is 5.95. The second kappa shape index (κ2) is 10.5. The molecular weight excluding hydrogens is 528 g/mol. The normalized spacial score (nSPS) is 13.2. The van der Waals surface area contributed by atoms with Gasteiger partial charge in [0, 0.05) is 29.3 Å². The van der Waals surface area contributed by atoms with Gasteiger partial charge in [0.15, 0.2) is 23.1 Å². The number of aliphatic carboxylic acids is 1. The van der Waals surface area contributed by atoms with Crippen LogP contribution in [0.5, 0.6) is 0 Å². The molecule has 0 aliphatic rings. The quantitative estimate of drug-likeness (QED) is 0.285. The molecule has 0 spiro atoms. The summed E-state index contributed by atoms with van der Waals surface area (Å²) in [6.07, 6.45) is 5.81. The molecule has 0 aliphatic heterocycles. The molecule has 3 aromatic heterocycles. The average Bonchev–Trinajstić information content (AvgIpc) is 3.23. The molecule has 39 heavy (non-hydrogen) atoms. The van der Waals surface area contributed by atoms with Gasteiger partial charge in [0.05, 0.1) is 17.3 Å². The summed E-state index contributed by atoms with van der Waals surface area (Å²) in [5.74, 6) is -2.79. The van der Waals surface area contributed by atoms with Crippen molar-refractivity contribution in [2.45, 2.75) is 45.1 Å². The number of carboxylic acids is 1. The van der Waals surface area contributed by atoms with Crippen molar-refractivity contribution >= 4 is 32.8 Å². The van der Waals surface area contributed by atoms with Crippen LogP contribution in [-0.4, -0.2) is 44.5 Å². The summed E-state index contributed by atoms with van der Waals surface area (Å²) in [4.78, 5) is 23.3. The number of benzene rings is 1. The van der Waals surface area contributed by atoms with Crippen molar-refractivity contribution in [1.29, 1.82) is 0 Å². The maximum Gasteiger partial charge on any atom is 0.327 e. The number of carboxylic acid groups (broad SMARTS) is 1. The summed E-state index contributed by atoms with van der Waals surface area (Å²) >= 11 is 0. The smallest absolute Gasteiger partial charge is 0.327 e. The number of hydrogen-bond acceptors (Lipinski definition) is 7. The number of rotatable bonds is 8. The Morgan fingerprint density at radius 1 is 1.15 bits per heavy atom. The molecule has 204 valence electrons. The zero-order valence-corrected chi connectivity index (χ0v) is 22.5. The molecule has 0 amide bonds. The zero-order valence-electron chi connectivity index (χ0n) is 21.7. The lowest BCUT2D eigenvalue weighted by Crippen LogP contribution is -2.34. The van der Waals surface area contributed by atoms with Crippen LogP contribution in [0.2, 0.25) is 0 Å². The second-order valence-corrected chi connectivity index (χ2v) is 11.9. The van der Waals surface area contributed by atoms with E-state index in [0.29, 0.717) is 0 Å². The van der Waals surface area contributed by atoms with Gasteiger partial charge >= 0.3 is 5.97 Å². The van der Waals surface area contributed by atoms with Gasteiger partial charge in [0.25, 0.3) is 10.0 Å². The molecule has 0 bridgehead atoms. The molecule has 3 heterocycles. The molecular formula is C27H27F2N5O4S. The van der Waals surface area contributed by atoms with E-state index in [0.717, 1.165) is 34.1 Å². The van der Waals surface area contributed by atoms with Gasteiger partial charge in [-0.1, -0.05) is 44.5 Å². The number of carbonyl (C=O) groups is 1. The highest BCUT2D eigenvalue weighted by atomic mass is 32.2. The largest absolute Gasteiger partial charge is 0.478 e. The van der Waals surface area contributed by atoms with E-state index in [1.165, 1.54) is 24.4 Å². The average molecular weight is 556 g/mol. The maximum absolute atomic E-state index is 14.8. The molecule has 4 rings (SSSR count). The first-order valence-corrected chi connectivity index (χ1v) is 13.4. The Bertz CT molecular complexity index is 1680. The lowest BCUT2D eigenvalue weighted by Gasteiger charge is -2.31. The van der Waals surface area contributed by atoms with Crippen LogP contribution >= 0.6 is 0 Å². The maximum atomic E-state index is 14.8. The van der Waals surface area contributed by atoms with Crippen molar-refractivity contribution < 1.29 is 27.1 Å². The van der Waals surface area contributed by atoms with Crippen LogP contribution in [0.15, 0.2) is 66.0 Å². The monoisotopic (exact) mass is 555 g/mol. The van der Waals surface area contributed by atoms with E-state index in [1.54, 1.807) is 12.1 Å². The lowest BCUT2D eigenvalue weighted by molar-refractivity contribution is -0.131. The molecule has 1 aromatic carbocycles. The molecule has 4 aromatic rings. The molecule has 0 saturated heterocycles. The zero-order chi connectivity index (χ0) is 28.5. The number of aromatic nitrogens is 4. The Kier molecular flexibility index (Phi) is 7.51. The first-order valence-electron chi connectivity index (χ1n) is 11.9. The number of aryl methyl sites for hydroxylation is 1. The van der Waals surface area contributed by atoms with E-state index < -0.39 is 39.1 Å². The summed E-state index contributed by atoms with van der Waals surface area (Å²) in [7, 11) is -4.13. The fourth-order valence-corrected chi connectivity index (χ4v) is 5.26. The number of anilines is 1. The number of nitrogens with one attached hydrogen (secondary N) is 1. The minimum absolute atomic E-state index is 0.00694. The molecule has 1 unspecified atom stereocenters. The molecule has 1 atom stereocenters. The first-order chi connectivity index (χ1) is 18.3. The summed E-state index contributed by atoms with van der Waals surface area (Å²) in [5, 5.41) is 12.0. The van der Waals surface area contributed by atoms with Gasteiger partial charge in [-0.25, -0.2) is 40.9 Å². The van der Waals surface area contributed by atoms with Crippen LogP contribution in [0.1, 0.15) is 32.8 Å². The second-order valence-electron chi connectivity index (χ2n) is 10.1. The Labute approximate surface area is 224 Å². The van der Waals surface area contributed by atoms with Crippen molar-refractivity contribution in [3.63, 3.8) is 0 Å². The van der Waals surface area contributed by atoms with Gasteiger partial charge in [-0.15, -0.1) is 0 Å². The predicted molar refractivity (Wildman–Crippen MR) is 143 cm³/mol. The first kappa shape index (κ1) is 27.8. The minimum Gasteiger partial charge on any atom is -0.478 e. The van der Waals surface area contributed by atoms with Gasteiger partial charge in [-0.3, -0.25) is 0 Å². The molecule has 0 fully saturated rings. The van der Waals surface area contributed by atoms with E-state index >= 15 is 0 Å². The topological polar surface area (TPSA) is 127 Å². The lowest BCUT2D eigenvalue weighted by atomic mass is 9.84. The summed E-state index contributed by atoms with van der Waals surface area (Å²) in [5.41, 5.74) is 0.541. The number of nitrogens with zero attached hydrogens (tertiary/aromatic N) is 4. The van der Waals surface area contributed by atoms with E-state index in [1.807, 2.05) is 27.7 Å². The highest BCUT2D eigenvalue weighted by Gasteiger charge is 2.27. The van der Waals surface area contributed by atoms with Crippen LogP contribution in [0, 0.1) is 24.0 Å². The highest BCUT2D eigenvalue weighted by molar-refractivity contribution is 7.90. The van der Waals surface area contributed by atoms with Crippen LogP contribution in [0.4, 0.5) is 14.6 Å². The van der Waals surface area contributed by atoms with E-state index in [2.05, 4.69) is 20.3 Å². The molecule has 0 radical (unpaired) electrons. The van der Waals surface area contributed by atoms with Gasteiger partial charge in [0.1, 0.15) is 5.82 Å². The Balaban J connectivity index is 1.82. The van der Waals surface area contributed by atoms with E-state index in [4.69, 9.17) is 5.11 Å². The number of pyridine rings is 1. The summed E-state index contributed by atoms with van der Waals surface area (Å²) < 4.78 is 57.0. The van der Waals surface area contributed by atoms with Crippen LogP contribution < -0.4 is 5.32 Å². The predicted octanol–water partition coefficient (Wildman–Crippen LogP) is 5.17. The Morgan fingerprint density at radius 3 is 2.49 bits per heavy atom. The Morgan fingerprint density at radius 2 is 1.85 bits per heavy atom. The van der Waals surface area contributed by atoms with Gasteiger partial charge in [-0.05, 0) is 37.0 Å². The fourth-order valence-electron chi connectivity index (χ4n) is 3.94. The summed E-state index contributed by atoms with van der Waals surface area (Å²) in [6, 6.07) is 6.93. The van der Waals surface area contributed by atoms with E-state index in [9.17, 15) is 22.0 Å². The van der Waals surface area contributed by atoms with Gasteiger partial charge in [-0.2, -0.15) is 0 Å². The van der Waals surface area contributed by atoms with Crippen molar-refractivity contribution in [2.75, 3.05) is 5.32 Å². The van der Waals surface area contributed by atoms with Crippen molar-refractivity contribution in [2.24, 2.45) is 5.41 Å². The Hall–Kier alpha value is -4.19. The number of fused-ring (bicyclic) bond motifs is 1. The SMILES string of the molecule is Cc1ccc(S(=O)(=O)n2cc(-c3ncc(F)c(NC(CC=CC(=O)O)C(C)(C)C)n3)c3cc(F)cnc32)cc1. The highest BCUT2D eigenvalue weighted by Crippen LogP contribution is 2.33. The van der Waals surface area contributed by atoms with Crippen molar-refractivity contribution in [3.8, 4) is 11.4 Å². The van der Waals surface area contributed by atoms with Crippen molar-refractivity contribution in [1.82, 2.24) is 18.9 Å². The molecule has 2 N–H and O–H groups in total. The fraction of sp³-hybridized carbons (Fsp3) is 0.259. The van der Waals surface area contributed by atoms with Crippen LogP contribution in [0.25, 0.3) is 22.4 Å².